The van der Waals surface area contributed by atoms with Crippen LogP contribution < -0.4 is 20.1 Å². The lowest BCUT2D eigenvalue weighted by Gasteiger charge is -2.14. The second kappa shape index (κ2) is 9.79. The number of benzene rings is 2. The van der Waals surface area contributed by atoms with Crippen LogP contribution in [0.4, 0.5) is 22.9 Å². The van der Waals surface area contributed by atoms with Gasteiger partial charge in [-0.05, 0) is 18.4 Å². The molecule has 1 heterocycles. The van der Waals surface area contributed by atoms with Crippen LogP contribution >= 0.6 is 11.8 Å². The summed E-state index contributed by atoms with van der Waals surface area (Å²) in [7, 11) is 3.19. The molecular formula is C20H21N5O4S. The number of methoxy groups -OCH3 is 2. The standard InChI is InChI=1S/C20H21N5O4S/c1-28-17-8-15(9-18(10-17)29-2)21-11-13-12-22-20(30-3)24-19(13)23-14-4-6-16(7-5-14)25(26)27/h4-10,12,21H,11H2,1-3H3,(H,22,23,24). The summed E-state index contributed by atoms with van der Waals surface area (Å²) in [5.74, 6) is 1.97. The molecule has 3 aromatic rings. The smallest absolute Gasteiger partial charge is 0.269 e. The Balaban J connectivity index is 1.82. The van der Waals surface area contributed by atoms with Gasteiger partial charge in [-0.25, -0.2) is 9.97 Å². The largest absolute Gasteiger partial charge is 0.497 e. The molecule has 0 fully saturated rings. The normalized spacial score (nSPS) is 10.4. The molecule has 2 N–H and O–H groups in total. The second-order valence-corrected chi connectivity index (χ2v) is 6.89. The van der Waals surface area contributed by atoms with E-state index in [9.17, 15) is 10.1 Å². The van der Waals surface area contributed by atoms with Gasteiger partial charge >= 0.3 is 0 Å². The van der Waals surface area contributed by atoms with E-state index >= 15 is 0 Å². The molecule has 0 aliphatic rings. The zero-order valence-electron chi connectivity index (χ0n) is 16.7. The Hall–Kier alpha value is -3.53. The van der Waals surface area contributed by atoms with Gasteiger partial charge in [-0.3, -0.25) is 10.1 Å². The summed E-state index contributed by atoms with van der Waals surface area (Å²) in [6.45, 7) is 0.445. The van der Waals surface area contributed by atoms with Crippen molar-refractivity contribution in [1.29, 1.82) is 0 Å². The monoisotopic (exact) mass is 427 g/mol. The van der Waals surface area contributed by atoms with Crippen LogP contribution in [0.2, 0.25) is 0 Å². The predicted molar refractivity (Wildman–Crippen MR) is 117 cm³/mol. The van der Waals surface area contributed by atoms with E-state index in [0.717, 1.165) is 11.3 Å². The van der Waals surface area contributed by atoms with Crippen LogP contribution in [-0.4, -0.2) is 35.4 Å². The first-order valence-electron chi connectivity index (χ1n) is 8.90. The number of hydrogen-bond donors (Lipinski definition) is 2. The number of non-ortho nitro benzene ring substituents is 1. The molecule has 0 saturated heterocycles. The van der Waals surface area contributed by atoms with Gasteiger partial charge in [0, 0.05) is 60.0 Å². The molecule has 0 bridgehead atoms. The van der Waals surface area contributed by atoms with E-state index in [2.05, 4.69) is 20.6 Å². The van der Waals surface area contributed by atoms with Crippen molar-refractivity contribution < 1.29 is 14.4 Å². The number of nitrogens with one attached hydrogen (secondary N) is 2. The molecule has 30 heavy (non-hydrogen) atoms. The summed E-state index contributed by atoms with van der Waals surface area (Å²) in [5.41, 5.74) is 2.37. The molecular weight excluding hydrogens is 406 g/mol. The van der Waals surface area contributed by atoms with Crippen LogP contribution in [0.5, 0.6) is 11.5 Å². The van der Waals surface area contributed by atoms with Crippen LogP contribution in [0.25, 0.3) is 0 Å². The van der Waals surface area contributed by atoms with Gasteiger partial charge in [0.05, 0.1) is 19.1 Å². The van der Waals surface area contributed by atoms with Gasteiger partial charge in [-0.1, -0.05) is 11.8 Å². The Labute approximate surface area is 178 Å². The minimum atomic E-state index is -0.432. The topological polar surface area (TPSA) is 111 Å². The van der Waals surface area contributed by atoms with Crippen LogP contribution in [-0.2, 0) is 6.54 Å². The maximum Gasteiger partial charge on any atom is 0.269 e. The molecule has 9 nitrogen and oxygen atoms in total. The van der Waals surface area contributed by atoms with Gasteiger partial charge in [0.25, 0.3) is 5.69 Å². The third kappa shape index (κ3) is 5.29. The minimum Gasteiger partial charge on any atom is -0.497 e. The van der Waals surface area contributed by atoms with Crippen molar-refractivity contribution in [3.05, 3.63) is 64.3 Å². The summed E-state index contributed by atoms with van der Waals surface area (Å²) < 4.78 is 10.6. The van der Waals surface area contributed by atoms with Gasteiger partial charge in [0.15, 0.2) is 5.16 Å². The lowest BCUT2D eigenvalue weighted by Crippen LogP contribution is -2.07. The highest BCUT2D eigenvalue weighted by Gasteiger charge is 2.10. The van der Waals surface area contributed by atoms with Crippen molar-refractivity contribution in [2.24, 2.45) is 0 Å². The molecule has 0 radical (unpaired) electrons. The van der Waals surface area contributed by atoms with E-state index in [0.29, 0.717) is 34.7 Å². The first-order chi connectivity index (χ1) is 14.5. The zero-order valence-corrected chi connectivity index (χ0v) is 17.5. The number of hydrogen-bond acceptors (Lipinski definition) is 9. The van der Waals surface area contributed by atoms with E-state index in [4.69, 9.17) is 9.47 Å². The molecule has 0 aliphatic carbocycles. The number of thioether (sulfide) groups is 1. The number of rotatable bonds is 9. The first-order valence-corrected chi connectivity index (χ1v) is 10.1. The maximum atomic E-state index is 10.9. The highest BCUT2D eigenvalue weighted by Crippen LogP contribution is 2.27. The van der Waals surface area contributed by atoms with Crippen LogP contribution in [0.15, 0.2) is 53.8 Å². The number of nitrogens with zero attached hydrogens (tertiary/aromatic N) is 3. The van der Waals surface area contributed by atoms with Crippen molar-refractivity contribution in [3.63, 3.8) is 0 Å². The molecule has 0 unspecified atom stereocenters. The third-order valence-electron chi connectivity index (χ3n) is 4.20. The fourth-order valence-electron chi connectivity index (χ4n) is 2.64. The predicted octanol–water partition coefficient (Wildman–Crippen LogP) is 4.48. The Bertz CT molecular complexity index is 1010. The zero-order chi connectivity index (χ0) is 21.5. The Kier molecular flexibility index (Phi) is 6.91. The van der Waals surface area contributed by atoms with Crippen molar-refractivity contribution >= 4 is 34.6 Å². The van der Waals surface area contributed by atoms with Crippen LogP contribution in [0.1, 0.15) is 5.56 Å². The molecule has 10 heteroatoms. The summed E-state index contributed by atoms with van der Waals surface area (Å²) in [4.78, 5) is 19.3. The number of aromatic nitrogens is 2. The number of anilines is 3. The summed E-state index contributed by atoms with van der Waals surface area (Å²) >= 11 is 1.43. The molecule has 0 saturated carbocycles. The van der Waals surface area contributed by atoms with E-state index in [1.54, 1.807) is 38.6 Å². The highest BCUT2D eigenvalue weighted by atomic mass is 32.2. The molecule has 156 valence electrons. The fourth-order valence-corrected chi connectivity index (χ4v) is 2.98. The van der Waals surface area contributed by atoms with E-state index in [1.807, 2.05) is 18.4 Å². The quantitative estimate of drug-likeness (QED) is 0.221. The average Bonchev–Trinajstić information content (AvgIpc) is 2.78. The molecule has 3 rings (SSSR count). The van der Waals surface area contributed by atoms with Gasteiger partial charge in [0.2, 0.25) is 0 Å². The van der Waals surface area contributed by atoms with Crippen molar-refractivity contribution in [1.82, 2.24) is 9.97 Å². The van der Waals surface area contributed by atoms with E-state index in [1.165, 1.54) is 23.9 Å². The minimum absolute atomic E-state index is 0.0295. The van der Waals surface area contributed by atoms with E-state index in [-0.39, 0.29) is 5.69 Å². The maximum absolute atomic E-state index is 10.9. The molecule has 0 amide bonds. The fraction of sp³-hybridized carbons (Fsp3) is 0.200. The Morgan fingerprint density at radius 1 is 1.07 bits per heavy atom. The first kappa shape index (κ1) is 21.2. The Morgan fingerprint density at radius 2 is 1.73 bits per heavy atom. The average molecular weight is 427 g/mol. The SMILES string of the molecule is COc1cc(NCc2cnc(SC)nc2Nc2ccc([N+](=O)[O-])cc2)cc(OC)c1. The van der Waals surface area contributed by atoms with Crippen LogP contribution in [0, 0.1) is 10.1 Å². The molecule has 2 aromatic carbocycles. The third-order valence-corrected chi connectivity index (χ3v) is 4.76. The summed E-state index contributed by atoms with van der Waals surface area (Å²) in [5, 5.41) is 18.0. The lowest BCUT2D eigenvalue weighted by molar-refractivity contribution is -0.384. The highest BCUT2D eigenvalue weighted by molar-refractivity contribution is 7.98. The number of ether oxygens (including phenoxy) is 2. The Morgan fingerprint density at radius 3 is 2.30 bits per heavy atom. The van der Waals surface area contributed by atoms with Crippen molar-refractivity contribution in [3.8, 4) is 11.5 Å². The van der Waals surface area contributed by atoms with Gasteiger partial charge in [-0.15, -0.1) is 0 Å². The molecule has 0 spiro atoms. The van der Waals surface area contributed by atoms with Gasteiger partial charge in [-0.2, -0.15) is 0 Å². The second-order valence-electron chi connectivity index (χ2n) is 6.11. The number of nitro benzene ring substituents is 1. The molecule has 0 atom stereocenters. The number of nitro groups is 1. The van der Waals surface area contributed by atoms with Gasteiger partial charge < -0.3 is 20.1 Å². The molecule has 0 aliphatic heterocycles. The van der Waals surface area contributed by atoms with E-state index < -0.39 is 4.92 Å². The lowest BCUT2D eigenvalue weighted by atomic mass is 10.2. The van der Waals surface area contributed by atoms with Crippen molar-refractivity contribution in [2.75, 3.05) is 31.1 Å². The van der Waals surface area contributed by atoms with Crippen molar-refractivity contribution in [2.45, 2.75) is 11.7 Å². The van der Waals surface area contributed by atoms with Crippen LogP contribution in [0.3, 0.4) is 0 Å². The summed E-state index contributed by atoms with van der Waals surface area (Å²) in [6.07, 6.45) is 3.64. The van der Waals surface area contributed by atoms with Gasteiger partial charge in [0.1, 0.15) is 17.3 Å². The summed E-state index contributed by atoms with van der Waals surface area (Å²) in [6, 6.07) is 11.7. The molecule has 1 aromatic heterocycles.